The monoisotopic (exact) mass is 263 g/mol. The Morgan fingerprint density at radius 2 is 1.95 bits per heavy atom. The first-order chi connectivity index (χ1) is 8.99. The average Bonchev–Trinajstić information content (AvgIpc) is 2.43. The lowest BCUT2D eigenvalue weighted by molar-refractivity contribution is -0.385. The van der Waals surface area contributed by atoms with E-state index >= 15 is 0 Å². The predicted octanol–water partition coefficient (Wildman–Crippen LogP) is 0.906. The molecule has 0 N–H and O–H groups in total. The summed E-state index contributed by atoms with van der Waals surface area (Å²) in [5.41, 5.74) is -0.361. The summed E-state index contributed by atoms with van der Waals surface area (Å²) in [6, 6.07) is 3.62. The Kier molecular flexibility index (Phi) is 4.60. The second-order valence-electron chi connectivity index (χ2n) is 3.22. The number of methoxy groups -OCH3 is 2. The molecular weight excluding hydrogens is 254 g/mol. The number of hydrogen-bond acceptors (Lipinski definition) is 6. The zero-order valence-corrected chi connectivity index (χ0v) is 10.1. The lowest BCUT2D eigenvalue weighted by atomic mass is 10.1. The van der Waals surface area contributed by atoms with Crippen LogP contribution in [0.2, 0.25) is 0 Å². The fraction of sp³-hybridized carbons (Fsp3) is 0.167. The third-order valence-electron chi connectivity index (χ3n) is 2.10. The molecule has 1 rings (SSSR count). The fourth-order valence-electron chi connectivity index (χ4n) is 1.20. The van der Waals surface area contributed by atoms with Gasteiger partial charge < -0.3 is 9.47 Å². The first-order valence-corrected chi connectivity index (χ1v) is 4.96. The minimum atomic E-state index is -0.814. The van der Waals surface area contributed by atoms with Gasteiger partial charge in [-0.05, 0) is 18.1 Å². The van der Waals surface area contributed by atoms with Crippen molar-refractivity contribution in [3.63, 3.8) is 0 Å². The van der Waals surface area contributed by atoms with E-state index in [9.17, 15) is 19.7 Å². The maximum Gasteiger partial charge on any atom is 0.384 e. The van der Waals surface area contributed by atoms with E-state index in [2.05, 4.69) is 21.3 Å². The van der Waals surface area contributed by atoms with Crippen LogP contribution >= 0.6 is 0 Å². The number of rotatable bonds is 2. The molecule has 0 atom stereocenters. The Balaban J connectivity index is 3.25. The van der Waals surface area contributed by atoms with Crippen LogP contribution in [-0.4, -0.2) is 31.1 Å². The molecule has 0 aliphatic rings. The molecule has 19 heavy (non-hydrogen) atoms. The molecule has 7 heteroatoms. The van der Waals surface area contributed by atoms with Crippen molar-refractivity contribution in [3.8, 4) is 11.8 Å². The van der Waals surface area contributed by atoms with Gasteiger partial charge in [0.05, 0.1) is 24.7 Å². The van der Waals surface area contributed by atoms with E-state index in [4.69, 9.17) is 0 Å². The van der Waals surface area contributed by atoms with Crippen molar-refractivity contribution < 1.29 is 24.0 Å². The summed E-state index contributed by atoms with van der Waals surface area (Å²) in [5.74, 6) is 2.87. The van der Waals surface area contributed by atoms with Crippen LogP contribution in [-0.2, 0) is 14.3 Å². The van der Waals surface area contributed by atoms with Crippen LogP contribution in [0.15, 0.2) is 18.2 Å². The highest BCUT2D eigenvalue weighted by atomic mass is 16.6. The van der Waals surface area contributed by atoms with E-state index in [0.717, 1.165) is 13.2 Å². The van der Waals surface area contributed by atoms with Crippen LogP contribution in [0.4, 0.5) is 5.69 Å². The summed E-state index contributed by atoms with van der Waals surface area (Å²) in [6.07, 6.45) is 0. The van der Waals surface area contributed by atoms with Gasteiger partial charge in [-0.25, -0.2) is 9.59 Å². The van der Waals surface area contributed by atoms with Gasteiger partial charge in [-0.2, -0.15) is 0 Å². The van der Waals surface area contributed by atoms with Gasteiger partial charge in [-0.15, -0.1) is 0 Å². The number of benzene rings is 1. The summed E-state index contributed by atoms with van der Waals surface area (Å²) >= 11 is 0. The van der Waals surface area contributed by atoms with Gasteiger partial charge >= 0.3 is 11.9 Å². The highest BCUT2D eigenvalue weighted by molar-refractivity contribution is 5.91. The van der Waals surface area contributed by atoms with Crippen molar-refractivity contribution in [3.05, 3.63) is 39.4 Å². The second kappa shape index (κ2) is 6.16. The number of hydrogen-bond donors (Lipinski definition) is 0. The van der Waals surface area contributed by atoms with Crippen LogP contribution in [0.5, 0.6) is 0 Å². The van der Waals surface area contributed by atoms with Gasteiger partial charge in [-0.3, -0.25) is 10.1 Å². The van der Waals surface area contributed by atoms with E-state index < -0.39 is 16.9 Å². The van der Waals surface area contributed by atoms with Crippen molar-refractivity contribution in [2.75, 3.05) is 14.2 Å². The van der Waals surface area contributed by atoms with Crippen molar-refractivity contribution in [2.24, 2.45) is 0 Å². The molecule has 0 unspecified atom stereocenters. The second-order valence-corrected chi connectivity index (χ2v) is 3.22. The molecule has 0 aromatic heterocycles. The van der Waals surface area contributed by atoms with Crippen molar-refractivity contribution in [2.45, 2.75) is 0 Å². The zero-order chi connectivity index (χ0) is 14.4. The summed E-state index contributed by atoms with van der Waals surface area (Å²) in [4.78, 5) is 32.3. The van der Waals surface area contributed by atoms with Crippen LogP contribution in [0.3, 0.4) is 0 Å². The fourth-order valence-corrected chi connectivity index (χ4v) is 1.20. The molecule has 0 saturated heterocycles. The van der Waals surface area contributed by atoms with Gasteiger partial charge in [0.2, 0.25) is 0 Å². The van der Waals surface area contributed by atoms with Crippen molar-refractivity contribution >= 4 is 17.6 Å². The number of nitrogens with zero attached hydrogens (tertiary/aromatic N) is 1. The van der Waals surface area contributed by atoms with E-state index in [-0.39, 0.29) is 16.8 Å². The summed E-state index contributed by atoms with van der Waals surface area (Å²) in [5, 5.41) is 10.9. The van der Waals surface area contributed by atoms with Gasteiger partial charge in [0.25, 0.3) is 5.69 Å². The molecule has 0 radical (unpaired) electrons. The maximum atomic E-state index is 11.3. The van der Waals surface area contributed by atoms with E-state index in [0.29, 0.717) is 0 Å². The van der Waals surface area contributed by atoms with Crippen LogP contribution < -0.4 is 0 Å². The summed E-state index contributed by atoms with van der Waals surface area (Å²) < 4.78 is 8.75. The molecule has 1 aromatic carbocycles. The first kappa shape index (κ1) is 14.2. The lowest BCUT2D eigenvalue weighted by Crippen LogP contribution is -2.03. The van der Waals surface area contributed by atoms with Gasteiger partial charge in [0.15, 0.2) is 0 Å². The number of nitro groups is 1. The van der Waals surface area contributed by atoms with Crippen LogP contribution in [0.1, 0.15) is 15.9 Å². The molecule has 0 aliphatic carbocycles. The number of carbonyl (C=O) groups is 2. The third kappa shape index (κ3) is 3.54. The molecule has 98 valence electrons. The summed E-state index contributed by atoms with van der Waals surface area (Å²) in [7, 11) is 2.31. The number of carbonyl (C=O) groups excluding carboxylic acids is 2. The molecule has 0 spiro atoms. The SMILES string of the molecule is COC(=O)C#Cc1ccc(C(=O)OC)cc1[N+](=O)[O-]. The van der Waals surface area contributed by atoms with Crippen molar-refractivity contribution in [1.29, 1.82) is 0 Å². The lowest BCUT2D eigenvalue weighted by Gasteiger charge is -2.00. The van der Waals surface area contributed by atoms with Crippen LogP contribution in [0.25, 0.3) is 0 Å². The van der Waals surface area contributed by atoms with Crippen molar-refractivity contribution in [1.82, 2.24) is 0 Å². The van der Waals surface area contributed by atoms with E-state index in [1.807, 2.05) is 0 Å². The molecular formula is C12H9NO6. The number of nitro benzene ring substituents is 1. The molecule has 0 heterocycles. The van der Waals surface area contributed by atoms with Gasteiger partial charge in [-0.1, -0.05) is 0 Å². The largest absolute Gasteiger partial charge is 0.465 e. The average molecular weight is 263 g/mol. The molecule has 7 nitrogen and oxygen atoms in total. The Hall–Kier alpha value is -2.88. The van der Waals surface area contributed by atoms with E-state index in [1.54, 1.807) is 0 Å². The predicted molar refractivity (Wildman–Crippen MR) is 63.3 cm³/mol. The smallest absolute Gasteiger partial charge is 0.384 e. The standard InChI is InChI=1S/C12H9NO6/c1-18-11(14)6-5-8-3-4-9(12(15)19-2)7-10(8)13(16)17/h3-4,7H,1-2H3. The normalized spacial score (nSPS) is 8.95. The minimum Gasteiger partial charge on any atom is -0.465 e. The Morgan fingerprint density at radius 1 is 1.26 bits per heavy atom. The first-order valence-electron chi connectivity index (χ1n) is 4.96. The van der Waals surface area contributed by atoms with Crippen LogP contribution in [0, 0.1) is 22.0 Å². The maximum absolute atomic E-state index is 11.3. The Bertz CT molecular complexity index is 596. The van der Waals surface area contributed by atoms with E-state index in [1.165, 1.54) is 19.2 Å². The zero-order valence-electron chi connectivity index (χ0n) is 10.1. The molecule has 0 aliphatic heterocycles. The summed E-state index contributed by atoms with van der Waals surface area (Å²) in [6.45, 7) is 0. The Morgan fingerprint density at radius 3 is 2.47 bits per heavy atom. The molecule has 0 amide bonds. The number of esters is 2. The third-order valence-corrected chi connectivity index (χ3v) is 2.10. The highest BCUT2D eigenvalue weighted by Gasteiger charge is 2.16. The topological polar surface area (TPSA) is 95.7 Å². The minimum absolute atomic E-state index is 0.00283. The van der Waals surface area contributed by atoms with Gasteiger partial charge in [0.1, 0.15) is 5.56 Å². The van der Waals surface area contributed by atoms with Gasteiger partial charge in [0, 0.05) is 12.0 Å². The Labute approximate surface area is 108 Å². The quantitative estimate of drug-likeness (QED) is 0.340. The number of ether oxygens (including phenoxy) is 2. The molecule has 1 aromatic rings. The highest BCUT2D eigenvalue weighted by Crippen LogP contribution is 2.20. The molecule has 0 saturated carbocycles. The molecule has 0 bridgehead atoms. The molecule has 0 fully saturated rings.